The SMILES string of the molecule is CCC1(C2CC2)NC(C)CS1. The van der Waals surface area contributed by atoms with Crippen molar-refractivity contribution in [3.63, 3.8) is 0 Å². The molecule has 1 aliphatic carbocycles. The van der Waals surface area contributed by atoms with Crippen molar-refractivity contribution < 1.29 is 0 Å². The first-order chi connectivity index (χ1) is 5.27. The van der Waals surface area contributed by atoms with E-state index in [0.29, 0.717) is 4.87 Å². The molecular weight excluding hydrogens is 154 g/mol. The number of rotatable bonds is 2. The maximum absolute atomic E-state index is 3.74. The van der Waals surface area contributed by atoms with Crippen molar-refractivity contribution >= 4 is 11.8 Å². The molecule has 0 amide bonds. The molecule has 0 aromatic heterocycles. The van der Waals surface area contributed by atoms with Gasteiger partial charge in [-0.2, -0.15) is 0 Å². The summed E-state index contributed by atoms with van der Waals surface area (Å²) in [7, 11) is 0. The summed E-state index contributed by atoms with van der Waals surface area (Å²) in [5.41, 5.74) is 0. The van der Waals surface area contributed by atoms with Crippen LogP contribution < -0.4 is 5.32 Å². The summed E-state index contributed by atoms with van der Waals surface area (Å²) in [4.78, 5) is 0.486. The molecule has 2 aliphatic rings. The molecule has 1 heterocycles. The summed E-state index contributed by atoms with van der Waals surface area (Å²) >= 11 is 2.16. The maximum Gasteiger partial charge on any atom is 0.0673 e. The van der Waals surface area contributed by atoms with E-state index in [1.54, 1.807) is 0 Å². The van der Waals surface area contributed by atoms with Gasteiger partial charge >= 0.3 is 0 Å². The van der Waals surface area contributed by atoms with E-state index in [1.165, 1.54) is 25.0 Å². The van der Waals surface area contributed by atoms with Gasteiger partial charge in [0.15, 0.2) is 0 Å². The van der Waals surface area contributed by atoms with Gasteiger partial charge in [-0.15, -0.1) is 11.8 Å². The van der Waals surface area contributed by atoms with E-state index >= 15 is 0 Å². The van der Waals surface area contributed by atoms with Gasteiger partial charge in [0.2, 0.25) is 0 Å². The van der Waals surface area contributed by atoms with Crippen molar-refractivity contribution in [1.29, 1.82) is 0 Å². The lowest BCUT2D eigenvalue weighted by molar-refractivity contribution is 0.397. The van der Waals surface area contributed by atoms with Gasteiger partial charge in [0.05, 0.1) is 4.87 Å². The molecule has 1 saturated carbocycles. The summed E-state index contributed by atoms with van der Waals surface area (Å²) in [5.74, 6) is 2.30. The van der Waals surface area contributed by atoms with Crippen molar-refractivity contribution in [3.05, 3.63) is 0 Å². The van der Waals surface area contributed by atoms with Crippen LogP contribution in [0.2, 0.25) is 0 Å². The molecular formula is C9H17NS. The highest BCUT2D eigenvalue weighted by atomic mass is 32.2. The smallest absolute Gasteiger partial charge is 0.0673 e. The topological polar surface area (TPSA) is 12.0 Å². The molecule has 64 valence electrons. The van der Waals surface area contributed by atoms with Crippen LogP contribution in [0.15, 0.2) is 0 Å². The monoisotopic (exact) mass is 171 g/mol. The summed E-state index contributed by atoms with van der Waals surface area (Å²) in [6, 6.07) is 0.737. The number of hydrogen-bond acceptors (Lipinski definition) is 2. The summed E-state index contributed by atoms with van der Waals surface area (Å²) in [6.07, 6.45) is 4.22. The van der Waals surface area contributed by atoms with Crippen LogP contribution in [0.4, 0.5) is 0 Å². The second kappa shape index (κ2) is 2.67. The van der Waals surface area contributed by atoms with Crippen LogP contribution in [-0.4, -0.2) is 16.7 Å². The van der Waals surface area contributed by atoms with Gasteiger partial charge in [-0.05, 0) is 32.1 Å². The normalized spacial score (nSPS) is 44.7. The minimum absolute atomic E-state index is 0.486. The highest BCUT2D eigenvalue weighted by molar-refractivity contribution is 8.00. The molecule has 0 radical (unpaired) electrons. The Hall–Kier alpha value is 0.310. The molecule has 0 bridgehead atoms. The van der Waals surface area contributed by atoms with E-state index in [4.69, 9.17) is 0 Å². The predicted molar refractivity (Wildman–Crippen MR) is 50.8 cm³/mol. The molecule has 11 heavy (non-hydrogen) atoms. The molecule has 0 aromatic rings. The molecule has 1 nitrogen and oxygen atoms in total. The first-order valence-electron chi connectivity index (χ1n) is 4.68. The zero-order valence-electron chi connectivity index (χ0n) is 7.39. The summed E-state index contributed by atoms with van der Waals surface area (Å²) in [6.45, 7) is 4.61. The van der Waals surface area contributed by atoms with Crippen LogP contribution >= 0.6 is 11.8 Å². The lowest BCUT2D eigenvalue weighted by atomic mass is 10.1. The Balaban J connectivity index is 2.05. The Morgan fingerprint density at radius 2 is 2.27 bits per heavy atom. The third-order valence-corrected chi connectivity index (χ3v) is 4.77. The van der Waals surface area contributed by atoms with Gasteiger partial charge in [0.1, 0.15) is 0 Å². The second-order valence-electron chi connectivity index (χ2n) is 3.87. The van der Waals surface area contributed by atoms with E-state index in [-0.39, 0.29) is 0 Å². The quantitative estimate of drug-likeness (QED) is 0.684. The van der Waals surface area contributed by atoms with Crippen LogP contribution in [0.5, 0.6) is 0 Å². The fourth-order valence-corrected chi connectivity index (χ4v) is 3.64. The van der Waals surface area contributed by atoms with Crippen LogP contribution in [0.3, 0.4) is 0 Å². The van der Waals surface area contributed by atoms with E-state index in [9.17, 15) is 0 Å². The standard InChI is InChI=1S/C9H17NS/c1-3-9(8-4-5-8)10-7(2)6-11-9/h7-8,10H,3-6H2,1-2H3. The molecule has 2 heteroatoms. The Bertz CT molecular complexity index is 156. The second-order valence-corrected chi connectivity index (χ2v) is 5.22. The van der Waals surface area contributed by atoms with Gasteiger partial charge in [0.25, 0.3) is 0 Å². The van der Waals surface area contributed by atoms with Crippen LogP contribution in [-0.2, 0) is 0 Å². The Morgan fingerprint density at radius 1 is 1.55 bits per heavy atom. The van der Waals surface area contributed by atoms with Crippen molar-refractivity contribution in [3.8, 4) is 0 Å². The van der Waals surface area contributed by atoms with Crippen LogP contribution in [0.1, 0.15) is 33.1 Å². The third-order valence-electron chi connectivity index (χ3n) is 2.84. The highest BCUT2D eigenvalue weighted by Gasteiger charge is 2.47. The van der Waals surface area contributed by atoms with Gasteiger partial charge in [-0.25, -0.2) is 0 Å². The minimum Gasteiger partial charge on any atom is -0.299 e. The molecule has 1 aliphatic heterocycles. The molecule has 0 spiro atoms. The van der Waals surface area contributed by atoms with Crippen molar-refractivity contribution in [2.75, 3.05) is 5.75 Å². The first kappa shape index (κ1) is 7.93. The zero-order valence-corrected chi connectivity index (χ0v) is 8.21. The van der Waals surface area contributed by atoms with Crippen molar-refractivity contribution in [2.45, 2.75) is 44.0 Å². The average molecular weight is 171 g/mol. The Morgan fingerprint density at radius 3 is 2.64 bits per heavy atom. The van der Waals surface area contributed by atoms with E-state index < -0.39 is 0 Å². The molecule has 1 N–H and O–H groups in total. The van der Waals surface area contributed by atoms with Gasteiger partial charge < -0.3 is 0 Å². The number of nitrogens with one attached hydrogen (secondary N) is 1. The van der Waals surface area contributed by atoms with Gasteiger partial charge in [0, 0.05) is 11.8 Å². The lowest BCUT2D eigenvalue weighted by Crippen LogP contribution is -2.41. The molecule has 0 aromatic carbocycles. The summed E-state index contributed by atoms with van der Waals surface area (Å²) < 4.78 is 0. The fraction of sp³-hybridized carbons (Fsp3) is 1.00. The van der Waals surface area contributed by atoms with Gasteiger partial charge in [-0.3, -0.25) is 5.32 Å². The first-order valence-corrected chi connectivity index (χ1v) is 5.67. The minimum atomic E-state index is 0.486. The Kier molecular flexibility index (Phi) is 1.92. The third kappa shape index (κ3) is 1.31. The summed E-state index contributed by atoms with van der Waals surface area (Å²) in [5, 5.41) is 3.74. The zero-order chi connectivity index (χ0) is 7.90. The Labute approximate surface area is 73.3 Å². The van der Waals surface area contributed by atoms with Crippen LogP contribution in [0, 0.1) is 5.92 Å². The van der Waals surface area contributed by atoms with E-state index in [2.05, 4.69) is 30.9 Å². The average Bonchev–Trinajstić information content (AvgIpc) is 2.77. The number of hydrogen-bond donors (Lipinski definition) is 1. The molecule has 2 fully saturated rings. The largest absolute Gasteiger partial charge is 0.299 e. The molecule has 2 rings (SSSR count). The van der Waals surface area contributed by atoms with Crippen molar-refractivity contribution in [2.24, 2.45) is 5.92 Å². The fourth-order valence-electron chi connectivity index (χ4n) is 2.05. The predicted octanol–water partition coefficient (Wildman–Crippen LogP) is 2.23. The van der Waals surface area contributed by atoms with E-state index in [1.807, 2.05) is 0 Å². The van der Waals surface area contributed by atoms with Crippen molar-refractivity contribution in [1.82, 2.24) is 5.32 Å². The van der Waals surface area contributed by atoms with Gasteiger partial charge in [-0.1, -0.05) is 6.92 Å². The number of thioether (sulfide) groups is 1. The molecule has 1 saturated heterocycles. The molecule has 2 unspecified atom stereocenters. The molecule has 2 atom stereocenters. The maximum atomic E-state index is 3.74. The lowest BCUT2D eigenvalue weighted by Gasteiger charge is -2.27. The highest BCUT2D eigenvalue weighted by Crippen LogP contribution is 2.50. The van der Waals surface area contributed by atoms with E-state index in [0.717, 1.165) is 12.0 Å². The van der Waals surface area contributed by atoms with Crippen LogP contribution in [0.25, 0.3) is 0 Å².